The first-order chi connectivity index (χ1) is 7.15. The minimum Gasteiger partial charge on any atom is -0.326 e. The van der Waals surface area contributed by atoms with E-state index < -0.39 is 0 Å². The number of nitrogens with one attached hydrogen (secondary N) is 1. The highest BCUT2D eigenvalue weighted by Crippen LogP contribution is 2.29. The molecule has 1 heterocycles. The van der Waals surface area contributed by atoms with Crippen LogP contribution in [0.4, 0.5) is 5.69 Å². The number of fused-ring (bicyclic) bond motifs is 1. The molecule has 0 spiro atoms. The lowest BCUT2D eigenvalue weighted by molar-refractivity contribution is -0.115. The van der Waals surface area contributed by atoms with Crippen LogP contribution in [-0.4, -0.2) is 12.0 Å². The van der Waals surface area contributed by atoms with Gasteiger partial charge in [-0.25, -0.2) is 0 Å². The predicted molar refractivity (Wildman–Crippen MR) is 60.9 cm³/mol. The number of carbonyl (C=O) groups is 1. The molecule has 1 N–H and O–H groups in total. The van der Waals surface area contributed by atoms with Crippen LogP contribution in [0.3, 0.4) is 0 Å². The predicted octanol–water partition coefficient (Wildman–Crippen LogP) is 2.61. The molecule has 3 nitrogen and oxygen atoms in total. The third kappa shape index (κ3) is 2.52. The molecule has 0 radical (unpaired) electrons. The SMILES string of the molecule is CC(C)OSc1ccc2c(c1)CC(=O)N2. The monoisotopic (exact) mass is 223 g/mol. The molecular weight excluding hydrogens is 210 g/mol. The average Bonchev–Trinajstić information content (AvgIpc) is 2.53. The van der Waals surface area contributed by atoms with Crippen LogP contribution in [0.2, 0.25) is 0 Å². The van der Waals surface area contributed by atoms with Crippen molar-refractivity contribution in [2.75, 3.05) is 5.32 Å². The fourth-order valence-corrected chi connectivity index (χ4v) is 2.03. The summed E-state index contributed by atoms with van der Waals surface area (Å²) in [5.74, 6) is 0.0666. The summed E-state index contributed by atoms with van der Waals surface area (Å²) in [6.07, 6.45) is 0.675. The molecule has 80 valence electrons. The van der Waals surface area contributed by atoms with E-state index in [9.17, 15) is 4.79 Å². The van der Waals surface area contributed by atoms with Crippen LogP contribution in [0.25, 0.3) is 0 Å². The molecule has 1 amide bonds. The topological polar surface area (TPSA) is 38.3 Å². The summed E-state index contributed by atoms with van der Waals surface area (Å²) in [4.78, 5) is 12.2. The van der Waals surface area contributed by atoms with Gasteiger partial charge in [-0.2, -0.15) is 0 Å². The van der Waals surface area contributed by atoms with Gasteiger partial charge in [0.05, 0.1) is 12.5 Å². The van der Waals surface area contributed by atoms with Crippen LogP contribution in [0, 0.1) is 0 Å². The summed E-state index contributed by atoms with van der Waals surface area (Å²) in [6, 6.07) is 5.88. The van der Waals surface area contributed by atoms with Gasteiger partial charge in [0.1, 0.15) is 0 Å². The second-order valence-corrected chi connectivity index (χ2v) is 4.60. The molecule has 1 aliphatic rings. The van der Waals surface area contributed by atoms with Crippen molar-refractivity contribution in [1.82, 2.24) is 0 Å². The lowest BCUT2D eigenvalue weighted by atomic mass is 10.2. The lowest BCUT2D eigenvalue weighted by Crippen LogP contribution is -2.03. The third-order valence-corrected chi connectivity index (χ3v) is 2.97. The van der Waals surface area contributed by atoms with Gasteiger partial charge in [0.15, 0.2) is 0 Å². The van der Waals surface area contributed by atoms with Crippen LogP contribution in [0.1, 0.15) is 19.4 Å². The summed E-state index contributed by atoms with van der Waals surface area (Å²) >= 11 is 1.36. The van der Waals surface area contributed by atoms with Gasteiger partial charge < -0.3 is 9.50 Å². The number of anilines is 1. The maximum absolute atomic E-state index is 11.1. The summed E-state index contributed by atoms with van der Waals surface area (Å²) in [5, 5.41) is 2.80. The lowest BCUT2D eigenvalue weighted by Gasteiger charge is -2.06. The Labute approximate surface area is 93.4 Å². The highest BCUT2D eigenvalue weighted by atomic mass is 32.2. The first kappa shape index (κ1) is 10.5. The van der Waals surface area contributed by atoms with Crippen molar-refractivity contribution < 1.29 is 8.98 Å². The van der Waals surface area contributed by atoms with Crippen molar-refractivity contribution in [3.05, 3.63) is 23.8 Å². The Bertz CT molecular complexity index is 390. The zero-order chi connectivity index (χ0) is 10.8. The molecule has 0 saturated heterocycles. The van der Waals surface area contributed by atoms with E-state index in [0.717, 1.165) is 16.1 Å². The molecular formula is C11H13NO2S. The van der Waals surface area contributed by atoms with Crippen molar-refractivity contribution in [2.24, 2.45) is 0 Å². The van der Waals surface area contributed by atoms with Gasteiger partial charge in [-0.3, -0.25) is 4.79 Å². The van der Waals surface area contributed by atoms with E-state index in [1.165, 1.54) is 12.0 Å². The number of carbonyl (C=O) groups excluding carboxylic acids is 1. The highest BCUT2D eigenvalue weighted by Gasteiger charge is 2.17. The molecule has 1 aliphatic heterocycles. The quantitative estimate of drug-likeness (QED) is 0.800. The van der Waals surface area contributed by atoms with Gasteiger partial charge in [-0.15, -0.1) is 0 Å². The van der Waals surface area contributed by atoms with E-state index in [1.807, 2.05) is 32.0 Å². The Morgan fingerprint density at radius 3 is 3.00 bits per heavy atom. The van der Waals surface area contributed by atoms with Crippen molar-refractivity contribution in [3.8, 4) is 0 Å². The van der Waals surface area contributed by atoms with E-state index >= 15 is 0 Å². The zero-order valence-corrected chi connectivity index (χ0v) is 9.56. The Kier molecular flexibility index (Phi) is 2.98. The number of rotatable bonds is 3. The van der Waals surface area contributed by atoms with E-state index in [0.29, 0.717) is 6.42 Å². The number of amides is 1. The van der Waals surface area contributed by atoms with Crippen LogP contribution in [-0.2, 0) is 15.4 Å². The van der Waals surface area contributed by atoms with Crippen molar-refractivity contribution >= 4 is 23.6 Å². The van der Waals surface area contributed by atoms with E-state index in [4.69, 9.17) is 4.18 Å². The molecule has 0 aliphatic carbocycles. The molecule has 0 saturated carbocycles. The smallest absolute Gasteiger partial charge is 0.228 e. The molecule has 15 heavy (non-hydrogen) atoms. The van der Waals surface area contributed by atoms with Gasteiger partial charge >= 0.3 is 0 Å². The summed E-state index contributed by atoms with van der Waals surface area (Å²) < 4.78 is 5.43. The Morgan fingerprint density at radius 1 is 1.47 bits per heavy atom. The first-order valence-electron chi connectivity index (χ1n) is 4.91. The fraction of sp³-hybridized carbons (Fsp3) is 0.364. The first-order valence-corrected chi connectivity index (χ1v) is 5.65. The van der Waals surface area contributed by atoms with Crippen molar-refractivity contribution in [1.29, 1.82) is 0 Å². The summed E-state index contributed by atoms with van der Waals surface area (Å²) in [5.41, 5.74) is 1.98. The molecule has 1 aromatic carbocycles. The van der Waals surface area contributed by atoms with E-state index in [1.54, 1.807) is 0 Å². The van der Waals surface area contributed by atoms with E-state index in [-0.39, 0.29) is 12.0 Å². The Hall–Kier alpha value is -1.00. The Morgan fingerprint density at radius 2 is 2.27 bits per heavy atom. The fourth-order valence-electron chi connectivity index (χ4n) is 1.41. The van der Waals surface area contributed by atoms with Crippen molar-refractivity contribution in [2.45, 2.75) is 31.3 Å². The van der Waals surface area contributed by atoms with Gasteiger partial charge in [0, 0.05) is 22.6 Å². The number of hydrogen-bond donors (Lipinski definition) is 1. The highest BCUT2D eigenvalue weighted by molar-refractivity contribution is 7.94. The molecule has 0 unspecified atom stereocenters. The van der Waals surface area contributed by atoms with Crippen LogP contribution in [0.5, 0.6) is 0 Å². The third-order valence-electron chi connectivity index (χ3n) is 2.04. The molecule has 2 rings (SSSR count). The van der Waals surface area contributed by atoms with Crippen molar-refractivity contribution in [3.63, 3.8) is 0 Å². The Balaban J connectivity index is 2.09. The van der Waals surface area contributed by atoms with Crippen LogP contribution < -0.4 is 5.32 Å². The number of benzene rings is 1. The van der Waals surface area contributed by atoms with Gasteiger partial charge in [0.25, 0.3) is 0 Å². The normalized spacial score (nSPS) is 14.2. The molecule has 0 aromatic heterocycles. The number of hydrogen-bond acceptors (Lipinski definition) is 3. The maximum Gasteiger partial charge on any atom is 0.228 e. The average molecular weight is 223 g/mol. The van der Waals surface area contributed by atoms with Gasteiger partial charge in [0.2, 0.25) is 5.91 Å². The molecule has 4 heteroatoms. The second kappa shape index (κ2) is 4.24. The largest absolute Gasteiger partial charge is 0.326 e. The second-order valence-electron chi connectivity index (χ2n) is 3.77. The molecule has 0 fully saturated rings. The minimum atomic E-state index is 0.0666. The standard InChI is InChI=1S/C11H13NO2S/c1-7(2)14-15-9-3-4-10-8(5-9)6-11(13)12-10/h3-5,7H,6H2,1-2H3,(H,12,13). The minimum absolute atomic E-state index is 0.0666. The van der Waals surface area contributed by atoms with Crippen LogP contribution in [0.15, 0.2) is 23.1 Å². The van der Waals surface area contributed by atoms with Gasteiger partial charge in [-0.1, -0.05) is 0 Å². The van der Waals surface area contributed by atoms with Gasteiger partial charge in [-0.05, 0) is 37.6 Å². The summed E-state index contributed by atoms with van der Waals surface area (Å²) in [6.45, 7) is 3.98. The molecule has 1 aromatic rings. The zero-order valence-electron chi connectivity index (χ0n) is 8.74. The molecule has 0 bridgehead atoms. The van der Waals surface area contributed by atoms with Crippen LogP contribution >= 0.6 is 12.0 Å². The maximum atomic E-state index is 11.1. The summed E-state index contributed by atoms with van der Waals surface area (Å²) in [7, 11) is 0. The molecule has 0 atom stereocenters. The van der Waals surface area contributed by atoms with E-state index in [2.05, 4.69) is 5.32 Å².